The number of fused-ring (bicyclic) bond motifs is 2. The molecule has 1 aromatic carbocycles. The van der Waals surface area contributed by atoms with Crippen molar-refractivity contribution in [2.75, 3.05) is 0 Å². The van der Waals surface area contributed by atoms with Crippen molar-refractivity contribution in [2.24, 2.45) is 5.92 Å². The van der Waals surface area contributed by atoms with E-state index in [0.717, 1.165) is 18.4 Å². The first-order valence-corrected chi connectivity index (χ1v) is 6.63. The van der Waals surface area contributed by atoms with E-state index in [1.165, 1.54) is 0 Å². The fourth-order valence-electron chi connectivity index (χ4n) is 3.34. The molecule has 0 aromatic heterocycles. The summed E-state index contributed by atoms with van der Waals surface area (Å²) < 4.78 is 5.69. The molecule has 1 heterocycles. The van der Waals surface area contributed by atoms with Gasteiger partial charge in [-0.2, -0.15) is 0 Å². The van der Waals surface area contributed by atoms with Gasteiger partial charge in [0, 0.05) is 17.9 Å². The minimum Gasteiger partial charge on any atom is -0.450 e. The minimum atomic E-state index is -0.753. The molecule has 0 N–H and O–H groups in total. The Kier molecular flexibility index (Phi) is 2.77. The van der Waals surface area contributed by atoms with Crippen molar-refractivity contribution in [3.63, 3.8) is 0 Å². The van der Waals surface area contributed by atoms with Gasteiger partial charge in [0.2, 0.25) is 0 Å². The Labute approximate surface area is 112 Å². The van der Waals surface area contributed by atoms with Crippen LogP contribution in [0.15, 0.2) is 36.9 Å². The van der Waals surface area contributed by atoms with Gasteiger partial charge < -0.3 is 4.74 Å². The smallest absolute Gasteiger partial charge is 0.339 e. The zero-order valence-electron chi connectivity index (χ0n) is 10.7. The Morgan fingerprint density at radius 2 is 2.16 bits per heavy atom. The number of Topliss-reactive ketones (excluding diaryl/α,β-unsaturated/α-hetero) is 1. The molecule has 3 nitrogen and oxygen atoms in total. The molecule has 1 saturated carbocycles. The number of hydrogen-bond acceptors (Lipinski definition) is 3. The van der Waals surface area contributed by atoms with Crippen molar-refractivity contribution in [3.05, 3.63) is 48.0 Å². The molecule has 0 saturated heterocycles. The first kappa shape index (κ1) is 12.2. The average Bonchev–Trinajstić information content (AvgIpc) is 2.68. The molecule has 19 heavy (non-hydrogen) atoms. The molecular formula is C16H16O3. The fourth-order valence-corrected chi connectivity index (χ4v) is 3.34. The molecule has 2 atom stereocenters. The number of carbonyl (C=O) groups is 2. The van der Waals surface area contributed by atoms with E-state index in [2.05, 4.69) is 6.58 Å². The van der Waals surface area contributed by atoms with E-state index in [0.29, 0.717) is 18.4 Å². The Morgan fingerprint density at radius 1 is 1.37 bits per heavy atom. The number of rotatable bonds is 2. The summed E-state index contributed by atoms with van der Waals surface area (Å²) in [4.78, 5) is 23.9. The van der Waals surface area contributed by atoms with E-state index in [4.69, 9.17) is 4.74 Å². The number of ether oxygens (including phenoxy) is 1. The van der Waals surface area contributed by atoms with Crippen LogP contribution in [0.1, 0.15) is 41.6 Å². The molecule has 0 radical (unpaired) electrons. The lowest BCUT2D eigenvalue weighted by molar-refractivity contribution is -0.133. The zero-order valence-corrected chi connectivity index (χ0v) is 10.7. The molecular weight excluding hydrogens is 240 g/mol. The number of ketones is 1. The fraction of sp³-hybridized carbons (Fsp3) is 0.375. The third-order valence-electron chi connectivity index (χ3n) is 4.22. The maximum Gasteiger partial charge on any atom is 0.339 e. The van der Waals surface area contributed by atoms with Crippen LogP contribution in [-0.2, 0) is 15.1 Å². The van der Waals surface area contributed by atoms with Crippen molar-refractivity contribution in [1.82, 2.24) is 0 Å². The van der Waals surface area contributed by atoms with Crippen LogP contribution >= 0.6 is 0 Å². The molecule has 1 aliphatic heterocycles. The standard InChI is InChI=1S/C16H16O3/c1-2-5-11-8-9-12(17)10-16(11)14-7-4-3-6-13(14)15(18)19-16/h2-4,6-7,11H,1,5,8-10H2. The summed E-state index contributed by atoms with van der Waals surface area (Å²) in [5.74, 6) is 0.0134. The highest BCUT2D eigenvalue weighted by atomic mass is 16.6. The molecule has 0 bridgehead atoms. The van der Waals surface area contributed by atoms with Crippen LogP contribution in [0.5, 0.6) is 0 Å². The summed E-state index contributed by atoms with van der Waals surface area (Å²) in [6.45, 7) is 3.78. The maximum absolute atomic E-state index is 12.0. The van der Waals surface area contributed by atoms with Crippen LogP contribution < -0.4 is 0 Å². The van der Waals surface area contributed by atoms with E-state index >= 15 is 0 Å². The predicted octanol–water partition coefficient (Wildman–Crippen LogP) is 3.00. The topological polar surface area (TPSA) is 43.4 Å². The highest BCUT2D eigenvalue weighted by molar-refractivity contribution is 5.96. The highest BCUT2D eigenvalue weighted by Gasteiger charge is 2.53. The van der Waals surface area contributed by atoms with Crippen LogP contribution in [0, 0.1) is 5.92 Å². The Balaban J connectivity index is 2.12. The zero-order chi connectivity index (χ0) is 13.5. The summed E-state index contributed by atoms with van der Waals surface area (Å²) in [5.41, 5.74) is 0.725. The molecule has 1 spiro atoms. The number of hydrogen-bond donors (Lipinski definition) is 0. The average molecular weight is 256 g/mol. The van der Waals surface area contributed by atoms with E-state index in [1.807, 2.05) is 24.3 Å². The van der Waals surface area contributed by atoms with E-state index in [-0.39, 0.29) is 17.7 Å². The SMILES string of the molecule is C=CCC1CCC(=O)CC12OC(=O)c1ccccc12. The lowest BCUT2D eigenvalue weighted by Crippen LogP contribution is -2.41. The lowest BCUT2D eigenvalue weighted by Gasteiger charge is -2.39. The molecule has 1 fully saturated rings. The first-order chi connectivity index (χ1) is 9.17. The van der Waals surface area contributed by atoms with Crippen LogP contribution in [0.3, 0.4) is 0 Å². The van der Waals surface area contributed by atoms with Gasteiger partial charge in [0.1, 0.15) is 11.4 Å². The highest BCUT2D eigenvalue weighted by Crippen LogP contribution is 2.50. The van der Waals surface area contributed by atoms with Gasteiger partial charge in [0.25, 0.3) is 0 Å². The van der Waals surface area contributed by atoms with Crippen LogP contribution in [-0.4, -0.2) is 11.8 Å². The van der Waals surface area contributed by atoms with Crippen molar-refractivity contribution in [3.8, 4) is 0 Å². The van der Waals surface area contributed by atoms with Gasteiger partial charge in [-0.1, -0.05) is 24.3 Å². The second kappa shape index (κ2) is 4.34. The summed E-state index contributed by atoms with van der Waals surface area (Å²) >= 11 is 0. The number of carbonyl (C=O) groups excluding carboxylic acids is 2. The van der Waals surface area contributed by atoms with Crippen LogP contribution in [0.2, 0.25) is 0 Å². The van der Waals surface area contributed by atoms with Gasteiger partial charge in [-0.3, -0.25) is 4.79 Å². The van der Waals surface area contributed by atoms with Crippen molar-refractivity contribution in [2.45, 2.75) is 31.3 Å². The van der Waals surface area contributed by atoms with Crippen molar-refractivity contribution >= 4 is 11.8 Å². The monoisotopic (exact) mass is 256 g/mol. The lowest BCUT2D eigenvalue weighted by atomic mass is 9.69. The van der Waals surface area contributed by atoms with Gasteiger partial charge in [0.15, 0.2) is 0 Å². The van der Waals surface area contributed by atoms with Crippen LogP contribution in [0.25, 0.3) is 0 Å². The summed E-state index contributed by atoms with van der Waals surface area (Å²) in [6.07, 6.45) is 4.23. The minimum absolute atomic E-state index is 0.148. The van der Waals surface area contributed by atoms with E-state index < -0.39 is 5.60 Å². The molecule has 3 rings (SSSR count). The second-order valence-corrected chi connectivity index (χ2v) is 5.30. The molecule has 2 aliphatic rings. The predicted molar refractivity (Wildman–Crippen MR) is 70.7 cm³/mol. The molecule has 2 unspecified atom stereocenters. The van der Waals surface area contributed by atoms with Crippen molar-refractivity contribution in [1.29, 1.82) is 0 Å². The van der Waals surface area contributed by atoms with Gasteiger partial charge in [-0.05, 0) is 18.9 Å². The molecule has 3 heteroatoms. The quantitative estimate of drug-likeness (QED) is 0.603. The van der Waals surface area contributed by atoms with Gasteiger partial charge in [0.05, 0.1) is 12.0 Å². The largest absolute Gasteiger partial charge is 0.450 e. The third kappa shape index (κ3) is 1.72. The van der Waals surface area contributed by atoms with E-state index in [1.54, 1.807) is 6.07 Å². The summed E-state index contributed by atoms with van der Waals surface area (Å²) in [7, 11) is 0. The number of esters is 1. The molecule has 1 aliphatic carbocycles. The summed E-state index contributed by atoms with van der Waals surface area (Å²) in [6, 6.07) is 7.41. The second-order valence-electron chi connectivity index (χ2n) is 5.30. The molecule has 0 amide bonds. The maximum atomic E-state index is 12.0. The summed E-state index contributed by atoms with van der Waals surface area (Å²) in [5, 5.41) is 0. The van der Waals surface area contributed by atoms with Crippen molar-refractivity contribution < 1.29 is 14.3 Å². The van der Waals surface area contributed by atoms with Gasteiger partial charge in [-0.25, -0.2) is 4.79 Å². The number of allylic oxidation sites excluding steroid dienone is 1. The van der Waals surface area contributed by atoms with Gasteiger partial charge >= 0.3 is 5.97 Å². The first-order valence-electron chi connectivity index (χ1n) is 6.63. The normalized spacial score (nSPS) is 29.2. The Hall–Kier alpha value is -1.90. The third-order valence-corrected chi connectivity index (χ3v) is 4.22. The molecule has 98 valence electrons. The Morgan fingerprint density at radius 3 is 2.95 bits per heavy atom. The van der Waals surface area contributed by atoms with Gasteiger partial charge in [-0.15, -0.1) is 6.58 Å². The number of benzene rings is 1. The van der Waals surface area contributed by atoms with E-state index in [9.17, 15) is 9.59 Å². The van der Waals surface area contributed by atoms with Crippen LogP contribution in [0.4, 0.5) is 0 Å². The molecule has 1 aromatic rings. The Bertz CT molecular complexity index is 557.